The molecule has 2 aromatic heterocycles. The zero-order valence-corrected chi connectivity index (χ0v) is 21.0. The van der Waals surface area contributed by atoms with Crippen LogP contribution in [0, 0.1) is 0 Å². The normalized spacial score (nSPS) is 15.4. The van der Waals surface area contributed by atoms with E-state index in [1.807, 2.05) is 24.3 Å². The van der Waals surface area contributed by atoms with Gasteiger partial charge in [-0.1, -0.05) is 30.0 Å². The van der Waals surface area contributed by atoms with Gasteiger partial charge in [0, 0.05) is 33.6 Å². The van der Waals surface area contributed by atoms with Crippen LogP contribution in [-0.4, -0.2) is 27.7 Å². The van der Waals surface area contributed by atoms with Gasteiger partial charge in [-0.2, -0.15) is 0 Å². The van der Waals surface area contributed by atoms with Gasteiger partial charge in [0.15, 0.2) is 0 Å². The Bertz CT molecular complexity index is 1510. The van der Waals surface area contributed by atoms with Gasteiger partial charge >= 0.3 is 0 Å². The van der Waals surface area contributed by atoms with Gasteiger partial charge in [-0.05, 0) is 61.6 Å². The highest BCUT2D eigenvalue weighted by Gasteiger charge is 2.30. The molecule has 1 fully saturated rings. The van der Waals surface area contributed by atoms with E-state index in [4.69, 9.17) is 0 Å². The summed E-state index contributed by atoms with van der Waals surface area (Å²) in [7, 11) is 0. The van der Waals surface area contributed by atoms with Crippen molar-refractivity contribution in [2.24, 2.45) is 0 Å². The first kappa shape index (κ1) is 22.9. The van der Waals surface area contributed by atoms with Crippen LogP contribution in [0.15, 0.2) is 64.8 Å². The van der Waals surface area contributed by atoms with Crippen LogP contribution in [0.4, 0.5) is 11.4 Å². The maximum absolute atomic E-state index is 13.2. The van der Waals surface area contributed by atoms with Crippen LogP contribution in [0.5, 0.6) is 0 Å². The minimum absolute atomic E-state index is 0.198. The van der Waals surface area contributed by atoms with E-state index in [0.717, 1.165) is 37.9 Å². The van der Waals surface area contributed by atoms with Crippen LogP contribution in [-0.2, 0) is 22.4 Å². The third-order valence-corrected chi connectivity index (χ3v) is 8.76. The summed E-state index contributed by atoms with van der Waals surface area (Å²) in [6.45, 7) is 0. The molecule has 2 aromatic carbocycles. The largest absolute Gasteiger partial charge is 0.321 e. The monoisotopic (exact) mass is 514 g/mol. The standard InChI is InChI=1S/C27H22N4O3S2/c32-22-12-13-23(33)31(22)17-7-5-6-16(14-17)25(34)30-19-9-2-4-11-21(19)36-27-24-18-8-1-3-10-20(18)35-26(24)28-15-29-27/h2,4-7,9,11,14-15H,1,3,8,10,12-13H2,(H,30,34). The molecule has 3 heterocycles. The van der Waals surface area contributed by atoms with Crippen molar-refractivity contribution in [2.45, 2.75) is 48.4 Å². The molecule has 0 bridgehead atoms. The lowest BCUT2D eigenvalue weighted by Gasteiger charge is -2.15. The molecule has 1 aliphatic carbocycles. The summed E-state index contributed by atoms with van der Waals surface area (Å²) < 4.78 is 0. The minimum Gasteiger partial charge on any atom is -0.321 e. The first-order valence-corrected chi connectivity index (χ1v) is 13.5. The quantitative estimate of drug-likeness (QED) is 0.274. The fourth-order valence-electron chi connectivity index (χ4n) is 4.75. The third-order valence-electron chi connectivity index (χ3n) is 6.48. The van der Waals surface area contributed by atoms with Gasteiger partial charge in [-0.3, -0.25) is 19.3 Å². The number of hydrogen-bond donors (Lipinski definition) is 1. The minimum atomic E-state index is -0.315. The number of hydrogen-bond acceptors (Lipinski definition) is 7. The fraction of sp³-hybridized carbons (Fsp3) is 0.222. The van der Waals surface area contributed by atoms with E-state index in [0.29, 0.717) is 16.9 Å². The van der Waals surface area contributed by atoms with Crippen LogP contribution in [0.3, 0.4) is 0 Å². The van der Waals surface area contributed by atoms with Crippen LogP contribution >= 0.6 is 23.1 Å². The Kier molecular flexibility index (Phi) is 6.02. The predicted molar refractivity (Wildman–Crippen MR) is 141 cm³/mol. The van der Waals surface area contributed by atoms with Crippen LogP contribution < -0.4 is 10.2 Å². The van der Waals surface area contributed by atoms with Gasteiger partial charge in [-0.15, -0.1) is 11.3 Å². The first-order chi connectivity index (χ1) is 17.6. The predicted octanol–water partition coefficient (Wildman–Crippen LogP) is 5.63. The maximum atomic E-state index is 13.2. The number of nitrogens with zero attached hydrogens (tertiary/aromatic N) is 3. The molecule has 7 nitrogen and oxygen atoms in total. The summed E-state index contributed by atoms with van der Waals surface area (Å²) in [5.74, 6) is -0.804. The lowest BCUT2D eigenvalue weighted by Crippen LogP contribution is -2.28. The highest BCUT2D eigenvalue weighted by Crippen LogP contribution is 2.42. The fourth-order valence-corrected chi connectivity index (χ4v) is 7.05. The molecular formula is C27H22N4O3S2. The van der Waals surface area contributed by atoms with Crippen molar-refractivity contribution in [3.8, 4) is 0 Å². The SMILES string of the molecule is O=C(Nc1ccccc1Sc1ncnc2sc3c(c12)CCCC3)c1cccc(N2C(=O)CCC2=O)c1. The summed E-state index contributed by atoms with van der Waals surface area (Å²) in [5.41, 5.74) is 2.83. The summed E-state index contributed by atoms with van der Waals surface area (Å²) >= 11 is 3.29. The molecule has 0 unspecified atom stereocenters. The first-order valence-electron chi connectivity index (χ1n) is 11.9. The van der Waals surface area contributed by atoms with Crippen molar-refractivity contribution in [3.05, 3.63) is 70.9 Å². The second-order valence-electron chi connectivity index (χ2n) is 8.80. The van der Waals surface area contributed by atoms with Crippen molar-refractivity contribution < 1.29 is 14.4 Å². The van der Waals surface area contributed by atoms with E-state index in [1.165, 1.54) is 35.0 Å². The van der Waals surface area contributed by atoms with Crippen LogP contribution in [0.2, 0.25) is 0 Å². The summed E-state index contributed by atoms with van der Waals surface area (Å²) in [6, 6.07) is 14.2. The Labute approximate surface area is 215 Å². The molecule has 6 rings (SSSR count). The molecule has 2 aliphatic rings. The van der Waals surface area contributed by atoms with Crippen molar-refractivity contribution >= 4 is 62.4 Å². The number of thiophene rings is 1. The molecule has 1 aliphatic heterocycles. The number of imide groups is 1. The molecule has 9 heteroatoms. The lowest BCUT2D eigenvalue weighted by atomic mass is 9.97. The molecule has 1 saturated heterocycles. The van der Waals surface area contributed by atoms with E-state index < -0.39 is 0 Å². The van der Waals surface area contributed by atoms with Crippen molar-refractivity contribution in [3.63, 3.8) is 0 Å². The molecule has 0 saturated carbocycles. The number of para-hydroxylation sites is 1. The van der Waals surface area contributed by atoms with Gasteiger partial charge < -0.3 is 5.32 Å². The highest BCUT2D eigenvalue weighted by molar-refractivity contribution is 7.99. The van der Waals surface area contributed by atoms with Gasteiger partial charge in [-0.25, -0.2) is 9.97 Å². The number of nitrogens with one attached hydrogen (secondary N) is 1. The Morgan fingerprint density at radius 2 is 1.75 bits per heavy atom. The Balaban J connectivity index is 1.28. The molecule has 1 N–H and O–H groups in total. The van der Waals surface area contributed by atoms with Gasteiger partial charge in [0.25, 0.3) is 5.91 Å². The number of carbonyl (C=O) groups excluding carboxylic acids is 3. The second-order valence-corrected chi connectivity index (χ2v) is 10.9. The van der Waals surface area contributed by atoms with E-state index in [9.17, 15) is 14.4 Å². The highest BCUT2D eigenvalue weighted by atomic mass is 32.2. The van der Waals surface area contributed by atoms with Gasteiger partial charge in [0.1, 0.15) is 16.2 Å². The zero-order chi connectivity index (χ0) is 24.6. The molecular weight excluding hydrogens is 492 g/mol. The van der Waals surface area contributed by atoms with E-state index >= 15 is 0 Å². The molecule has 0 spiro atoms. The third kappa shape index (κ3) is 4.18. The molecule has 3 amide bonds. The molecule has 0 atom stereocenters. The number of rotatable bonds is 5. The Morgan fingerprint density at radius 1 is 0.944 bits per heavy atom. The van der Waals surface area contributed by atoms with Gasteiger partial charge in [0.2, 0.25) is 11.8 Å². The number of aromatic nitrogens is 2. The molecule has 36 heavy (non-hydrogen) atoms. The Morgan fingerprint density at radius 3 is 2.61 bits per heavy atom. The molecule has 0 radical (unpaired) electrons. The smallest absolute Gasteiger partial charge is 0.255 e. The molecule has 4 aromatic rings. The number of benzene rings is 2. The second kappa shape index (κ2) is 9.48. The number of carbonyl (C=O) groups is 3. The summed E-state index contributed by atoms with van der Waals surface area (Å²) in [6.07, 6.45) is 6.55. The van der Waals surface area contributed by atoms with Crippen molar-refractivity contribution in [1.29, 1.82) is 0 Å². The summed E-state index contributed by atoms with van der Waals surface area (Å²) in [4.78, 5) is 51.0. The maximum Gasteiger partial charge on any atom is 0.255 e. The lowest BCUT2D eigenvalue weighted by molar-refractivity contribution is -0.121. The van der Waals surface area contributed by atoms with E-state index in [1.54, 1.807) is 41.9 Å². The van der Waals surface area contributed by atoms with Gasteiger partial charge in [0.05, 0.1) is 11.4 Å². The number of fused-ring (bicyclic) bond motifs is 3. The van der Waals surface area contributed by atoms with Crippen LogP contribution in [0.1, 0.15) is 46.5 Å². The zero-order valence-electron chi connectivity index (χ0n) is 19.3. The topological polar surface area (TPSA) is 92.3 Å². The van der Waals surface area contributed by atoms with Crippen molar-refractivity contribution in [2.75, 3.05) is 10.2 Å². The number of amides is 3. The van der Waals surface area contributed by atoms with E-state index in [2.05, 4.69) is 15.3 Å². The van der Waals surface area contributed by atoms with E-state index in [-0.39, 0.29) is 30.6 Å². The number of anilines is 2. The number of aryl methyl sites for hydroxylation is 2. The average Bonchev–Trinajstić information content (AvgIpc) is 3.45. The van der Waals surface area contributed by atoms with Crippen LogP contribution in [0.25, 0.3) is 10.2 Å². The molecule has 180 valence electrons. The summed E-state index contributed by atoms with van der Waals surface area (Å²) in [5, 5.41) is 5.04. The van der Waals surface area contributed by atoms with Crippen molar-refractivity contribution in [1.82, 2.24) is 9.97 Å². The average molecular weight is 515 g/mol. The Hall–Kier alpha value is -3.56.